The third-order valence-electron chi connectivity index (χ3n) is 7.57. The van der Waals surface area contributed by atoms with Crippen molar-refractivity contribution in [2.45, 2.75) is 44.5 Å². The number of fused-ring (bicyclic) bond motifs is 1. The number of likely N-dealkylation sites (tertiary alicyclic amines) is 1. The van der Waals surface area contributed by atoms with E-state index in [4.69, 9.17) is 4.74 Å². The van der Waals surface area contributed by atoms with Crippen LogP contribution in [0.2, 0.25) is 0 Å². The number of carboxylic acid groups (broad SMARTS) is 1. The Balaban J connectivity index is 1.41. The zero-order valence-electron chi connectivity index (χ0n) is 22.3. The molecule has 0 unspecified atom stereocenters. The third kappa shape index (κ3) is 7.51. The number of ether oxygens (including phenoxy) is 1. The van der Waals surface area contributed by atoms with Crippen LogP contribution in [-0.2, 0) is 11.0 Å². The number of pyridine rings is 1. The van der Waals surface area contributed by atoms with E-state index >= 15 is 4.39 Å². The molecule has 2 aromatic carbocycles. The van der Waals surface area contributed by atoms with Gasteiger partial charge in [-0.15, -0.1) is 0 Å². The van der Waals surface area contributed by atoms with E-state index in [1.807, 2.05) is 4.90 Å². The summed E-state index contributed by atoms with van der Waals surface area (Å²) in [6.45, 7) is 1.51. The molecule has 3 atom stereocenters. The molecule has 0 aliphatic carbocycles. The van der Waals surface area contributed by atoms with Gasteiger partial charge >= 0.3 is 12.1 Å². The van der Waals surface area contributed by atoms with Crippen molar-refractivity contribution < 1.29 is 32.2 Å². The molecule has 0 radical (unpaired) electrons. The first-order valence-corrected chi connectivity index (χ1v) is 13.3. The molecule has 1 aromatic heterocycles. The van der Waals surface area contributed by atoms with Crippen LogP contribution in [0.25, 0.3) is 10.9 Å². The van der Waals surface area contributed by atoms with E-state index < -0.39 is 23.9 Å². The minimum atomic E-state index is -4.48. The van der Waals surface area contributed by atoms with Gasteiger partial charge in [-0.2, -0.15) is 13.2 Å². The number of rotatable bonds is 9. The largest absolute Gasteiger partial charge is 0.497 e. The summed E-state index contributed by atoms with van der Waals surface area (Å²) in [7, 11) is 1.56. The second-order valence-corrected chi connectivity index (χ2v) is 10.1. The monoisotopic (exact) mass is 556 g/mol. The van der Waals surface area contributed by atoms with Gasteiger partial charge in [-0.05, 0) is 86.0 Å². The maximum absolute atomic E-state index is 15.5. The minimum Gasteiger partial charge on any atom is -0.497 e. The first-order chi connectivity index (χ1) is 19.2. The van der Waals surface area contributed by atoms with Gasteiger partial charge in [0.15, 0.2) is 0 Å². The van der Waals surface area contributed by atoms with E-state index in [0.29, 0.717) is 54.6 Å². The van der Waals surface area contributed by atoms with Crippen molar-refractivity contribution in [2.75, 3.05) is 26.7 Å². The second-order valence-electron chi connectivity index (χ2n) is 10.1. The summed E-state index contributed by atoms with van der Waals surface area (Å²) in [5, 5.41) is 9.97. The molecule has 40 heavy (non-hydrogen) atoms. The van der Waals surface area contributed by atoms with Crippen molar-refractivity contribution in [3.05, 3.63) is 71.4 Å². The predicted molar refractivity (Wildman–Crippen MR) is 145 cm³/mol. The molecule has 1 fully saturated rings. The fourth-order valence-corrected chi connectivity index (χ4v) is 5.46. The van der Waals surface area contributed by atoms with Crippen molar-refractivity contribution >= 4 is 16.9 Å². The summed E-state index contributed by atoms with van der Waals surface area (Å²) in [5.41, 5.74) is 0.412. The van der Waals surface area contributed by atoms with Crippen LogP contribution in [0.4, 0.5) is 17.6 Å². The Morgan fingerprint density at radius 2 is 1.98 bits per heavy atom. The molecule has 0 spiro atoms. The maximum atomic E-state index is 15.5. The summed E-state index contributed by atoms with van der Waals surface area (Å²) < 4.78 is 60.6. The van der Waals surface area contributed by atoms with Crippen molar-refractivity contribution in [2.24, 2.45) is 11.8 Å². The first kappa shape index (κ1) is 29.3. The Bertz CT molecular complexity index is 1380. The Kier molecular flexibility index (Phi) is 9.64. The number of aliphatic carboxylic acids is 1. The van der Waals surface area contributed by atoms with Gasteiger partial charge in [-0.25, -0.2) is 4.39 Å². The summed E-state index contributed by atoms with van der Waals surface area (Å²) in [4.78, 5) is 17.7. The molecule has 1 aliphatic rings. The van der Waals surface area contributed by atoms with Gasteiger partial charge in [0.2, 0.25) is 0 Å². The lowest BCUT2D eigenvalue weighted by Crippen LogP contribution is -2.41. The van der Waals surface area contributed by atoms with Gasteiger partial charge in [-0.3, -0.25) is 14.7 Å². The molecular weight excluding hydrogens is 524 g/mol. The van der Waals surface area contributed by atoms with Gasteiger partial charge in [0.05, 0.1) is 24.7 Å². The lowest BCUT2D eigenvalue weighted by atomic mass is 9.79. The fraction of sp³-hybridized carbons (Fsp3) is 0.419. The normalized spacial score (nSPS) is 18.6. The highest BCUT2D eigenvalue weighted by atomic mass is 19.4. The number of carboxylic acids is 1. The highest BCUT2D eigenvalue weighted by Gasteiger charge is 2.33. The number of benzene rings is 2. The average Bonchev–Trinajstić information content (AvgIpc) is 2.94. The highest BCUT2D eigenvalue weighted by molar-refractivity contribution is 5.83. The van der Waals surface area contributed by atoms with Gasteiger partial charge in [-0.1, -0.05) is 24.0 Å². The molecule has 0 saturated carbocycles. The van der Waals surface area contributed by atoms with Crippen LogP contribution in [-0.4, -0.2) is 47.7 Å². The lowest BCUT2D eigenvalue weighted by Gasteiger charge is -2.38. The third-order valence-corrected chi connectivity index (χ3v) is 7.57. The zero-order valence-corrected chi connectivity index (χ0v) is 22.3. The molecule has 9 heteroatoms. The topological polar surface area (TPSA) is 62.7 Å². The van der Waals surface area contributed by atoms with Crippen molar-refractivity contribution in [3.8, 4) is 17.6 Å². The summed E-state index contributed by atoms with van der Waals surface area (Å²) >= 11 is 0. The summed E-state index contributed by atoms with van der Waals surface area (Å²) in [6, 6.07) is 12.3. The number of nitrogens with zero attached hydrogens (tertiary/aromatic N) is 2. The van der Waals surface area contributed by atoms with Crippen LogP contribution in [0.1, 0.15) is 55.0 Å². The Labute approximate surface area is 231 Å². The van der Waals surface area contributed by atoms with E-state index in [1.54, 1.807) is 37.6 Å². The lowest BCUT2D eigenvalue weighted by molar-refractivity contribution is -0.138. The van der Waals surface area contributed by atoms with Crippen molar-refractivity contribution in [1.29, 1.82) is 0 Å². The molecule has 4 rings (SSSR count). The second kappa shape index (κ2) is 13.1. The molecular formula is C31H32F4N2O3. The summed E-state index contributed by atoms with van der Waals surface area (Å²) in [6.07, 6.45) is -2.01. The van der Waals surface area contributed by atoms with Crippen molar-refractivity contribution in [1.82, 2.24) is 9.88 Å². The Hall–Kier alpha value is -3.64. The van der Waals surface area contributed by atoms with E-state index in [2.05, 4.69) is 16.8 Å². The van der Waals surface area contributed by atoms with Gasteiger partial charge in [0.25, 0.3) is 0 Å². The maximum Gasteiger partial charge on any atom is 0.417 e. The number of hydrogen-bond donors (Lipinski definition) is 1. The van der Waals surface area contributed by atoms with Crippen LogP contribution < -0.4 is 4.74 Å². The number of methoxy groups -OCH3 is 1. The summed E-state index contributed by atoms with van der Waals surface area (Å²) in [5.74, 6) is 5.42. The predicted octanol–water partition coefficient (Wildman–Crippen LogP) is 6.91. The van der Waals surface area contributed by atoms with E-state index in [0.717, 1.165) is 12.5 Å². The van der Waals surface area contributed by atoms with Crippen LogP contribution in [0.15, 0.2) is 54.7 Å². The SMILES string of the molecule is COc1ccc2nccc([C@H](F)CC[C@@H]3CCN(CC#Cc4ccccc4C(F)(F)F)C[C@H]3CCC(=O)O)c2c1. The number of aromatic nitrogens is 1. The van der Waals surface area contributed by atoms with E-state index in [9.17, 15) is 23.1 Å². The average molecular weight is 557 g/mol. The molecule has 5 nitrogen and oxygen atoms in total. The van der Waals surface area contributed by atoms with E-state index in [-0.39, 0.29) is 30.4 Å². The fourth-order valence-electron chi connectivity index (χ4n) is 5.46. The molecule has 2 heterocycles. The Morgan fingerprint density at radius 3 is 2.73 bits per heavy atom. The molecule has 3 aromatic rings. The molecule has 1 aliphatic heterocycles. The number of piperidine rings is 1. The van der Waals surface area contributed by atoms with E-state index in [1.165, 1.54) is 18.2 Å². The molecule has 1 saturated heterocycles. The minimum absolute atomic E-state index is 0.00742. The molecule has 0 amide bonds. The number of hydrogen-bond acceptors (Lipinski definition) is 4. The van der Waals surface area contributed by atoms with Crippen molar-refractivity contribution in [3.63, 3.8) is 0 Å². The highest BCUT2D eigenvalue weighted by Crippen LogP contribution is 2.37. The molecule has 0 bridgehead atoms. The Morgan fingerprint density at radius 1 is 1.18 bits per heavy atom. The van der Waals surface area contributed by atoms with Gasteiger partial charge < -0.3 is 9.84 Å². The number of halogens is 4. The van der Waals surface area contributed by atoms with Crippen LogP contribution in [0.3, 0.4) is 0 Å². The van der Waals surface area contributed by atoms with Crippen LogP contribution in [0, 0.1) is 23.7 Å². The van der Waals surface area contributed by atoms with Crippen LogP contribution in [0.5, 0.6) is 5.75 Å². The molecule has 1 N–H and O–H groups in total. The zero-order chi connectivity index (χ0) is 28.7. The molecule has 212 valence electrons. The quantitative estimate of drug-likeness (QED) is 0.229. The first-order valence-electron chi connectivity index (χ1n) is 13.3. The number of alkyl halides is 4. The number of carbonyl (C=O) groups is 1. The standard InChI is InChI=1S/C31H32F4N2O3/c1-40-24-10-12-29-26(19-24)25(14-16-36-29)28(32)11-8-21-15-18-37(20-23(21)9-13-30(38)39)17-4-6-22-5-2-3-7-27(22)31(33,34)35/h2-3,5,7,10,12,14,16,19,21,23,28H,8-9,11,13,15,17-18,20H2,1H3,(H,38,39)/t21-,23-,28-/m1/s1. The van der Waals surface area contributed by atoms with Gasteiger partial charge in [0.1, 0.15) is 11.9 Å². The van der Waals surface area contributed by atoms with Crippen LogP contribution >= 0.6 is 0 Å². The smallest absolute Gasteiger partial charge is 0.417 e. The van der Waals surface area contributed by atoms with Gasteiger partial charge in [0, 0.05) is 30.1 Å².